The number of halogens is 1. The first kappa shape index (κ1) is 15.3. The maximum atomic E-state index is 13.5. The SMILES string of the molecule is COc1ccccc1CC(NN)c1cc(F)ccc1OC. The Morgan fingerprint density at radius 2 is 1.81 bits per heavy atom. The van der Waals surface area contributed by atoms with Crippen molar-refractivity contribution in [3.8, 4) is 11.5 Å². The molecule has 4 nitrogen and oxygen atoms in total. The molecule has 2 aromatic carbocycles. The number of benzene rings is 2. The van der Waals surface area contributed by atoms with Crippen molar-refractivity contribution in [2.75, 3.05) is 14.2 Å². The summed E-state index contributed by atoms with van der Waals surface area (Å²) in [4.78, 5) is 0. The maximum absolute atomic E-state index is 13.5. The van der Waals surface area contributed by atoms with Gasteiger partial charge in [0.05, 0.1) is 20.3 Å². The van der Waals surface area contributed by atoms with Crippen molar-refractivity contribution < 1.29 is 13.9 Å². The van der Waals surface area contributed by atoms with Crippen molar-refractivity contribution in [2.45, 2.75) is 12.5 Å². The zero-order valence-corrected chi connectivity index (χ0v) is 12.1. The van der Waals surface area contributed by atoms with Crippen molar-refractivity contribution in [3.63, 3.8) is 0 Å². The van der Waals surface area contributed by atoms with Gasteiger partial charge in [0.2, 0.25) is 0 Å². The Balaban J connectivity index is 2.34. The van der Waals surface area contributed by atoms with E-state index in [1.807, 2.05) is 24.3 Å². The van der Waals surface area contributed by atoms with Gasteiger partial charge < -0.3 is 9.47 Å². The maximum Gasteiger partial charge on any atom is 0.123 e. The minimum absolute atomic E-state index is 0.285. The molecule has 2 aromatic rings. The van der Waals surface area contributed by atoms with Gasteiger partial charge in [-0.15, -0.1) is 0 Å². The van der Waals surface area contributed by atoms with Crippen LogP contribution in [-0.4, -0.2) is 14.2 Å². The van der Waals surface area contributed by atoms with E-state index in [9.17, 15) is 4.39 Å². The lowest BCUT2D eigenvalue weighted by atomic mass is 9.98. The Kier molecular flexibility index (Phi) is 5.14. The Hall–Kier alpha value is -2.11. The number of para-hydroxylation sites is 1. The Labute approximate surface area is 123 Å². The van der Waals surface area contributed by atoms with Gasteiger partial charge in [-0.2, -0.15) is 0 Å². The van der Waals surface area contributed by atoms with Gasteiger partial charge in [0.15, 0.2) is 0 Å². The number of hydrazine groups is 1. The Bertz CT molecular complexity index is 605. The highest BCUT2D eigenvalue weighted by atomic mass is 19.1. The minimum atomic E-state index is -0.328. The second-order valence-corrected chi connectivity index (χ2v) is 4.62. The summed E-state index contributed by atoms with van der Waals surface area (Å²) in [5.41, 5.74) is 4.37. The van der Waals surface area contributed by atoms with Crippen LogP contribution >= 0.6 is 0 Å². The van der Waals surface area contributed by atoms with Crippen LogP contribution in [0.3, 0.4) is 0 Å². The molecule has 1 unspecified atom stereocenters. The molecular weight excluding hydrogens is 271 g/mol. The molecule has 0 heterocycles. The molecule has 0 aliphatic carbocycles. The molecule has 5 heteroatoms. The zero-order valence-electron chi connectivity index (χ0n) is 12.1. The number of methoxy groups -OCH3 is 2. The van der Waals surface area contributed by atoms with Crippen LogP contribution in [0.25, 0.3) is 0 Å². The average Bonchev–Trinajstić information content (AvgIpc) is 2.53. The van der Waals surface area contributed by atoms with E-state index in [1.165, 1.54) is 12.1 Å². The highest BCUT2D eigenvalue weighted by Gasteiger charge is 2.18. The average molecular weight is 290 g/mol. The van der Waals surface area contributed by atoms with Crippen molar-refractivity contribution in [2.24, 2.45) is 5.84 Å². The Morgan fingerprint density at radius 3 is 2.48 bits per heavy atom. The molecule has 21 heavy (non-hydrogen) atoms. The molecule has 112 valence electrons. The van der Waals surface area contributed by atoms with Crippen molar-refractivity contribution in [3.05, 3.63) is 59.4 Å². The first-order chi connectivity index (χ1) is 10.2. The predicted molar refractivity (Wildman–Crippen MR) is 79.7 cm³/mol. The molecule has 1 atom stereocenters. The molecule has 0 aliphatic rings. The standard InChI is InChI=1S/C16H19FN2O2/c1-20-15-6-4-3-5-11(15)9-14(19-18)13-10-12(17)7-8-16(13)21-2/h3-8,10,14,19H,9,18H2,1-2H3. The van der Waals surface area contributed by atoms with Gasteiger partial charge in [-0.1, -0.05) is 18.2 Å². The van der Waals surface area contributed by atoms with Crippen molar-refractivity contribution >= 4 is 0 Å². The van der Waals surface area contributed by atoms with E-state index in [2.05, 4.69) is 5.43 Å². The number of rotatable bonds is 6. The van der Waals surface area contributed by atoms with Gasteiger partial charge in [-0.05, 0) is 36.2 Å². The number of hydrogen-bond acceptors (Lipinski definition) is 4. The Morgan fingerprint density at radius 1 is 1.10 bits per heavy atom. The summed E-state index contributed by atoms with van der Waals surface area (Å²) in [6, 6.07) is 11.8. The molecule has 0 spiro atoms. The fourth-order valence-electron chi connectivity index (χ4n) is 2.33. The fraction of sp³-hybridized carbons (Fsp3) is 0.250. The summed E-state index contributed by atoms with van der Waals surface area (Å²) in [5, 5.41) is 0. The number of nitrogens with one attached hydrogen (secondary N) is 1. The van der Waals surface area contributed by atoms with E-state index in [4.69, 9.17) is 15.3 Å². The smallest absolute Gasteiger partial charge is 0.123 e. The van der Waals surface area contributed by atoms with Crippen LogP contribution in [0.2, 0.25) is 0 Å². The summed E-state index contributed by atoms with van der Waals surface area (Å²) in [7, 11) is 3.17. The quantitative estimate of drug-likeness (QED) is 0.634. The van der Waals surface area contributed by atoms with Crippen LogP contribution < -0.4 is 20.7 Å². The summed E-state index contributed by atoms with van der Waals surface area (Å²) < 4.78 is 24.1. The van der Waals surface area contributed by atoms with Crippen molar-refractivity contribution in [1.29, 1.82) is 0 Å². The number of hydrogen-bond donors (Lipinski definition) is 2. The zero-order chi connectivity index (χ0) is 15.2. The molecule has 0 saturated heterocycles. The van der Waals surface area contributed by atoms with Gasteiger partial charge in [-0.3, -0.25) is 11.3 Å². The summed E-state index contributed by atoms with van der Waals surface area (Å²) in [6.07, 6.45) is 0.556. The highest BCUT2D eigenvalue weighted by Crippen LogP contribution is 2.30. The topological polar surface area (TPSA) is 56.5 Å². The van der Waals surface area contributed by atoms with E-state index in [-0.39, 0.29) is 11.9 Å². The molecule has 0 fully saturated rings. The van der Waals surface area contributed by atoms with E-state index in [1.54, 1.807) is 20.3 Å². The number of ether oxygens (including phenoxy) is 2. The van der Waals surface area contributed by atoms with Crippen molar-refractivity contribution in [1.82, 2.24) is 5.43 Å². The van der Waals surface area contributed by atoms with Crippen LogP contribution in [0.4, 0.5) is 4.39 Å². The molecule has 2 rings (SSSR count). The molecule has 0 aliphatic heterocycles. The normalized spacial score (nSPS) is 12.0. The molecule has 3 N–H and O–H groups in total. The van der Waals surface area contributed by atoms with Crippen LogP contribution in [-0.2, 0) is 6.42 Å². The molecule has 0 saturated carbocycles. The lowest BCUT2D eigenvalue weighted by Crippen LogP contribution is -2.30. The first-order valence-corrected chi connectivity index (χ1v) is 6.61. The molecule has 0 radical (unpaired) electrons. The van der Waals surface area contributed by atoms with Crippen LogP contribution in [0.1, 0.15) is 17.2 Å². The first-order valence-electron chi connectivity index (χ1n) is 6.61. The predicted octanol–water partition coefficient (Wildman–Crippen LogP) is 2.59. The third-order valence-electron chi connectivity index (χ3n) is 3.38. The lowest BCUT2D eigenvalue weighted by Gasteiger charge is -2.20. The van der Waals surface area contributed by atoms with E-state index >= 15 is 0 Å². The fourth-order valence-corrected chi connectivity index (χ4v) is 2.33. The third-order valence-corrected chi connectivity index (χ3v) is 3.38. The van der Waals surface area contributed by atoms with E-state index in [0.29, 0.717) is 17.7 Å². The summed E-state index contributed by atoms with van der Waals surface area (Å²) in [5.74, 6) is 6.68. The molecule has 0 amide bonds. The van der Waals surface area contributed by atoms with Gasteiger partial charge in [0, 0.05) is 5.56 Å². The van der Waals surface area contributed by atoms with Crippen LogP contribution in [0.5, 0.6) is 11.5 Å². The number of nitrogens with two attached hydrogens (primary N) is 1. The molecule has 0 aromatic heterocycles. The lowest BCUT2D eigenvalue weighted by molar-refractivity contribution is 0.391. The molecular formula is C16H19FN2O2. The van der Waals surface area contributed by atoms with Crippen LogP contribution in [0.15, 0.2) is 42.5 Å². The highest BCUT2D eigenvalue weighted by molar-refractivity contribution is 5.40. The monoisotopic (exact) mass is 290 g/mol. The van der Waals surface area contributed by atoms with Gasteiger partial charge in [0.25, 0.3) is 0 Å². The van der Waals surface area contributed by atoms with Crippen LogP contribution in [0, 0.1) is 5.82 Å². The third kappa shape index (κ3) is 3.51. The second-order valence-electron chi connectivity index (χ2n) is 4.62. The van der Waals surface area contributed by atoms with E-state index < -0.39 is 0 Å². The van der Waals surface area contributed by atoms with Gasteiger partial charge >= 0.3 is 0 Å². The van der Waals surface area contributed by atoms with E-state index in [0.717, 1.165) is 11.3 Å². The van der Waals surface area contributed by atoms with Gasteiger partial charge in [-0.25, -0.2) is 4.39 Å². The minimum Gasteiger partial charge on any atom is -0.496 e. The molecule has 0 bridgehead atoms. The largest absolute Gasteiger partial charge is 0.496 e. The second kappa shape index (κ2) is 7.06. The summed E-state index contributed by atoms with van der Waals surface area (Å²) >= 11 is 0. The summed E-state index contributed by atoms with van der Waals surface area (Å²) in [6.45, 7) is 0. The van der Waals surface area contributed by atoms with Gasteiger partial charge in [0.1, 0.15) is 17.3 Å².